The molecule has 0 saturated heterocycles. The molecule has 7 heteroatoms. The van der Waals surface area contributed by atoms with Gasteiger partial charge in [-0.2, -0.15) is 0 Å². The van der Waals surface area contributed by atoms with Gasteiger partial charge in [0.15, 0.2) is 5.17 Å². The number of carboxylic acids is 1. The zero-order valence-corrected chi connectivity index (χ0v) is 16.8. The van der Waals surface area contributed by atoms with Gasteiger partial charge in [-0.25, -0.2) is 4.99 Å². The van der Waals surface area contributed by atoms with Gasteiger partial charge in [-0.3, -0.25) is 9.79 Å². The van der Waals surface area contributed by atoms with Crippen LogP contribution in [0.3, 0.4) is 0 Å². The van der Waals surface area contributed by atoms with Crippen LogP contribution < -0.4 is 9.47 Å². The van der Waals surface area contributed by atoms with E-state index in [1.165, 1.54) is 11.8 Å². The number of thioether (sulfide) groups is 1. The van der Waals surface area contributed by atoms with Crippen LogP contribution in [0.25, 0.3) is 0 Å². The van der Waals surface area contributed by atoms with Crippen molar-refractivity contribution in [1.82, 2.24) is 0 Å². The van der Waals surface area contributed by atoms with Gasteiger partial charge in [0, 0.05) is 17.0 Å². The van der Waals surface area contributed by atoms with Gasteiger partial charge in [0.25, 0.3) is 0 Å². The number of aliphatic carboxylic acids is 1. The predicted octanol–water partition coefficient (Wildman–Crippen LogP) is 4.21. The normalized spacial score (nSPS) is 18.8. The number of aliphatic imine (C=N–C) groups is 2. The molecule has 2 aromatic carbocycles. The van der Waals surface area contributed by atoms with Crippen molar-refractivity contribution in [3.05, 3.63) is 59.7 Å². The van der Waals surface area contributed by atoms with Gasteiger partial charge in [0.1, 0.15) is 23.5 Å². The lowest BCUT2D eigenvalue weighted by Gasteiger charge is -2.26. The van der Waals surface area contributed by atoms with Crippen molar-refractivity contribution in [3.8, 4) is 11.5 Å². The minimum absolute atomic E-state index is 0.538. The number of benzene rings is 2. The first-order valence-electron chi connectivity index (χ1n) is 8.78. The summed E-state index contributed by atoms with van der Waals surface area (Å²) in [5, 5.41) is 10.3. The van der Waals surface area contributed by atoms with E-state index in [9.17, 15) is 9.90 Å². The van der Waals surface area contributed by atoms with Gasteiger partial charge in [-0.1, -0.05) is 42.1 Å². The third-order valence-electron chi connectivity index (χ3n) is 4.54. The Labute approximate surface area is 168 Å². The number of amidine groups is 1. The Morgan fingerprint density at radius 3 is 2.46 bits per heavy atom. The summed E-state index contributed by atoms with van der Waals surface area (Å²) in [7, 11) is 3.20. The highest BCUT2D eigenvalue weighted by Gasteiger charge is 2.36. The lowest BCUT2D eigenvalue weighted by molar-refractivity contribution is -0.140. The number of hydrogen-bond acceptors (Lipinski definition) is 6. The van der Waals surface area contributed by atoms with E-state index in [0.717, 1.165) is 16.9 Å². The first-order valence-corrected chi connectivity index (χ1v) is 9.76. The molecule has 2 unspecified atom stereocenters. The van der Waals surface area contributed by atoms with E-state index in [2.05, 4.69) is 9.98 Å². The zero-order valence-electron chi connectivity index (χ0n) is 16.0. The van der Waals surface area contributed by atoms with Crippen LogP contribution in [0, 0.1) is 5.92 Å². The van der Waals surface area contributed by atoms with E-state index in [0.29, 0.717) is 22.4 Å². The maximum atomic E-state index is 11.9. The summed E-state index contributed by atoms with van der Waals surface area (Å²) >= 11 is 1.48. The van der Waals surface area contributed by atoms with E-state index in [-0.39, 0.29) is 0 Å². The standard InChI is InChI=1S/C21H22N2O4S/c1-13-18(20(24)25)19(16-6-4-5-7-17(16)27-3)23-21(22-13)28-12-14-8-10-15(26-2)11-9-14/h4-11,18-19H,12H2,1-3H3,(H,24,25). The number of rotatable bonds is 6. The lowest BCUT2D eigenvalue weighted by atomic mass is 9.89. The molecule has 2 atom stereocenters. The van der Waals surface area contributed by atoms with Crippen molar-refractivity contribution in [2.24, 2.45) is 15.9 Å². The summed E-state index contributed by atoms with van der Waals surface area (Å²) in [6.45, 7) is 1.74. The fourth-order valence-electron chi connectivity index (χ4n) is 3.08. The molecule has 146 valence electrons. The number of hydrogen-bond donors (Lipinski definition) is 1. The minimum Gasteiger partial charge on any atom is -0.497 e. The fourth-order valence-corrected chi connectivity index (χ4v) is 3.97. The summed E-state index contributed by atoms with van der Waals surface area (Å²) < 4.78 is 10.6. The maximum absolute atomic E-state index is 11.9. The van der Waals surface area contributed by atoms with Crippen LogP contribution in [0.15, 0.2) is 58.5 Å². The third kappa shape index (κ3) is 4.36. The molecule has 0 aromatic heterocycles. The van der Waals surface area contributed by atoms with E-state index in [1.54, 1.807) is 21.1 Å². The molecule has 0 spiro atoms. The Morgan fingerprint density at radius 1 is 1.11 bits per heavy atom. The van der Waals surface area contributed by atoms with Gasteiger partial charge >= 0.3 is 5.97 Å². The number of para-hydroxylation sites is 1. The summed E-state index contributed by atoms with van der Waals surface area (Å²) in [4.78, 5) is 21.0. The fraction of sp³-hybridized carbons (Fsp3) is 0.286. The summed E-state index contributed by atoms with van der Waals surface area (Å²) in [5.74, 6) is 0.340. The highest BCUT2D eigenvalue weighted by Crippen LogP contribution is 2.37. The smallest absolute Gasteiger partial charge is 0.314 e. The van der Waals surface area contributed by atoms with Gasteiger partial charge in [0.05, 0.1) is 14.2 Å². The second kappa shape index (κ2) is 8.93. The summed E-state index contributed by atoms with van der Waals surface area (Å²) in [6, 6.07) is 14.6. The molecule has 1 aliphatic heterocycles. The SMILES string of the molecule is COc1ccc(CSC2=NC(c3ccccc3OC)C(C(=O)O)C(C)=N2)cc1. The molecule has 1 heterocycles. The molecular weight excluding hydrogens is 376 g/mol. The number of ether oxygens (including phenoxy) is 2. The predicted molar refractivity (Wildman–Crippen MR) is 112 cm³/mol. The van der Waals surface area contributed by atoms with Gasteiger partial charge in [-0.05, 0) is 30.7 Å². The van der Waals surface area contributed by atoms with E-state index in [1.807, 2.05) is 48.5 Å². The lowest BCUT2D eigenvalue weighted by Crippen LogP contribution is -2.31. The topological polar surface area (TPSA) is 80.5 Å². The largest absolute Gasteiger partial charge is 0.497 e. The number of methoxy groups -OCH3 is 2. The Hall–Kier alpha value is -2.80. The molecule has 0 amide bonds. The van der Waals surface area contributed by atoms with Crippen LogP contribution in [-0.4, -0.2) is 36.2 Å². The highest BCUT2D eigenvalue weighted by atomic mass is 32.2. The number of nitrogens with zero attached hydrogens (tertiary/aromatic N) is 2. The maximum Gasteiger partial charge on any atom is 0.314 e. The van der Waals surface area contributed by atoms with E-state index >= 15 is 0 Å². The quantitative estimate of drug-likeness (QED) is 0.788. The van der Waals surface area contributed by atoms with Gasteiger partial charge in [-0.15, -0.1) is 0 Å². The van der Waals surface area contributed by atoms with Crippen LogP contribution in [-0.2, 0) is 10.5 Å². The molecule has 6 nitrogen and oxygen atoms in total. The number of carboxylic acid groups (broad SMARTS) is 1. The molecule has 0 bridgehead atoms. The van der Waals surface area contributed by atoms with E-state index in [4.69, 9.17) is 9.47 Å². The Kier molecular flexibility index (Phi) is 6.36. The molecule has 0 saturated carbocycles. The highest BCUT2D eigenvalue weighted by molar-refractivity contribution is 8.13. The Balaban J connectivity index is 1.87. The van der Waals surface area contributed by atoms with Crippen LogP contribution >= 0.6 is 11.8 Å². The third-order valence-corrected chi connectivity index (χ3v) is 5.47. The minimum atomic E-state index is -0.944. The number of carbonyl (C=O) groups is 1. The zero-order chi connectivity index (χ0) is 20.1. The van der Waals surface area contributed by atoms with Crippen molar-refractivity contribution in [3.63, 3.8) is 0 Å². The van der Waals surface area contributed by atoms with Crippen molar-refractivity contribution in [2.75, 3.05) is 14.2 Å². The van der Waals surface area contributed by atoms with Crippen LogP contribution in [0.2, 0.25) is 0 Å². The summed E-state index contributed by atoms with van der Waals surface area (Å²) in [6.07, 6.45) is 0. The van der Waals surface area contributed by atoms with Crippen molar-refractivity contribution in [1.29, 1.82) is 0 Å². The molecule has 0 aliphatic carbocycles. The molecule has 2 aromatic rings. The average molecular weight is 398 g/mol. The molecule has 0 radical (unpaired) electrons. The molecule has 3 rings (SSSR count). The second-order valence-corrected chi connectivity index (χ2v) is 7.25. The Bertz CT molecular complexity index is 909. The molecule has 0 fully saturated rings. The first-order chi connectivity index (χ1) is 13.5. The average Bonchev–Trinajstić information content (AvgIpc) is 2.71. The van der Waals surface area contributed by atoms with Gasteiger partial charge in [0.2, 0.25) is 0 Å². The molecule has 1 N–H and O–H groups in total. The second-order valence-electron chi connectivity index (χ2n) is 6.30. The van der Waals surface area contributed by atoms with Crippen molar-refractivity contribution in [2.45, 2.75) is 18.7 Å². The van der Waals surface area contributed by atoms with E-state index < -0.39 is 17.9 Å². The van der Waals surface area contributed by atoms with Crippen molar-refractivity contribution < 1.29 is 19.4 Å². The molecule has 28 heavy (non-hydrogen) atoms. The summed E-state index contributed by atoms with van der Waals surface area (Å²) in [5.41, 5.74) is 2.39. The van der Waals surface area contributed by atoms with Crippen LogP contribution in [0.5, 0.6) is 11.5 Å². The monoisotopic (exact) mass is 398 g/mol. The van der Waals surface area contributed by atoms with Crippen LogP contribution in [0.4, 0.5) is 0 Å². The molecule has 1 aliphatic rings. The Morgan fingerprint density at radius 2 is 1.82 bits per heavy atom. The molecular formula is C21H22N2O4S. The van der Waals surface area contributed by atoms with Gasteiger partial charge < -0.3 is 14.6 Å². The van der Waals surface area contributed by atoms with Crippen molar-refractivity contribution >= 4 is 28.6 Å². The van der Waals surface area contributed by atoms with Crippen LogP contribution in [0.1, 0.15) is 24.1 Å². The first kappa shape index (κ1) is 19.9.